The standard InChI is InChI=1S/C10H24N4O/c1-4-9(3)13-10(14-11)12-7-6-8-15-5-2/h9H,4-8,11H2,1-3H3,(H2,12,13,14). The largest absolute Gasteiger partial charge is 0.382 e. The fourth-order valence-corrected chi connectivity index (χ4v) is 0.970. The Bertz CT molecular complexity index is 173. The second-order valence-electron chi connectivity index (χ2n) is 3.38. The van der Waals surface area contributed by atoms with Gasteiger partial charge >= 0.3 is 0 Å². The predicted molar refractivity (Wildman–Crippen MR) is 63.6 cm³/mol. The third-order valence-corrected chi connectivity index (χ3v) is 2.05. The Kier molecular flexibility index (Phi) is 9.21. The van der Waals surface area contributed by atoms with Gasteiger partial charge in [-0.25, -0.2) is 5.84 Å². The fraction of sp³-hybridized carbons (Fsp3) is 0.900. The highest BCUT2D eigenvalue weighted by Gasteiger charge is 2.00. The number of nitrogens with two attached hydrogens (primary N) is 1. The van der Waals surface area contributed by atoms with Crippen LogP contribution in [-0.2, 0) is 4.74 Å². The van der Waals surface area contributed by atoms with Crippen LogP contribution in [0.2, 0.25) is 0 Å². The van der Waals surface area contributed by atoms with Crippen LogP contribution in [-0.4, -0.2) is 31.8 Å². The zero-order valence-corrected chi connectivity index (χ0v) is 10.0. The summed E-state index contributed by atoms with van der Waals surface area (Å²) >= 11 is 0. The van der Waals surface area contributed by atoms with Crippen molar-refractivity contribution in [3.05, 3.63) is 0 Å². The van der Waals surface area contributed by atoms with Crippen molar-refractivity contribution in [1.82, 2.24) is 10.7 Å². The van der Waals surface area contributed by atoms with Crippen LogP contribution in [0.5, 0.6) is 0 Å². The van der Waals surface area contributed by atoms with Crippen molar-refractivity contribution in [3.8, 4) is 0 Å². The van der Waals surface area contributed by atoms with Gasteiger partial charge in [0.1, 0.15) is 0 Å². The number of nitrogens with one attached hydrogen (secondary N) is 2. The van der Waals surface area contributed by atoms with Gasteiger partial charge in [-0.05, 0) is 26.7 Å². The molecule has 0 aromatic carbocycles. The van der Waals surface area contributed by atoms with E-state index < -0.39 is 0 Å². The molecule has 0 aliphatic heterocycles. The van der Waals surface area contributed by atoms with E-state index in [4.69, 9.17) is 10.6 Å². The van der Waals surface area contributed by atoms with E-state index in [1.807, 2.05) is 6.92 Å². The molecular weight excluding hydrogens is 192 g/mol. The molecule has 0 radical (unpaired) electrons. The van der Waals surface area contributed by atoms with Crippen molar-refractivity contribution < 1.29 is 4.74 Å². The minimum absolute atomic E-state index is 0.381. The number of guanidine groups is 1. The van der Waals surface area contributed by atoms with Crippen LogP contribution in [0.3, 0.4) is 0 Å². The Balaban J connectivity index is 3.69. The molecule has 5 nitrogen and oxygen atoms in total. The average molecular weight is 216 g/mol. The van der Waals surface area contributed by atoms with Crippen molar-refractivity contribution >= 4 is 5.96 Å². The molecule has 4 N–H and O–H groups in total. The van der Waals surface area contributed by atoms with E-state index in [-0.39, 0.29) is 0 Å². The first-order chi connectivity index (χ1) is 7.24. The molecule has 0 bridgehead atoms. The van der Waals surface area contributed by atoms with Gasteiger partial charge in [0, 0.05) is 25.8 Å². The normalized spacial score (nSPS) is 13.7. The number of rotatable bonds is 7. The molecule has 0 aliphatic carbocycles. The predicted octanol–water partition coefficient (Wildman–Crippen LogP) is 0.620. The van der Waals surface area contributed by atoms with Gasteiger partial charge in [0.2, 0.25) is 5.96 Å². The number of hydrogen-bond donors (Lipinski definition) is 3. The molecule has 0 aliphatic rings. The quantitative estimate of drug-likeness (QED) is 0.192. The van der Waals surface area contributed by atoms with Crippen molar-refractivity contribution in [2.75, 3.05) is 19.8 Å². The Morgan fingerprint density at radius 3 is 2.73 bits per heavy atom. The Morgan fingerprint density at radius 1 is 1.47 bits per heavy atom. The number of nitrogens with zero attached hydrogens (tertiary/aromatic N) is 1. The molecule has 0 saturated carbocycles. The average Bonchev–Trinajstić information content (AvgIpc) is 2.26. The second-order valence-corrected chi connectivity index (χ2v) is 3.38. The molecule has 0 saturated heterocycles. The third kappa shape index (κ3) is 8.20. The summed E-state index contributed by atoms with van der Waals surface area (Å²) in [4.78, 5) is 4.29. The molecule has 1 unspecified atom stereocenters. The molecule has 0 rings (SSSR count). The minimum Gasteiger partial charge on any atom is -0.382 e. The van der Waals surface area contributed by atoms with Crippen molar-refractivity contribution in [1.29, 1.82) is 0 Å². The van der Waals surface area contributed by atoms with Crippen LogP contribution < -0.4 is 16.6 Å². The lowest BCUT2D eigenvalue weighted by Crippen LogP contribution is -2.45. The SMILES string of the molecule is CCOCCCN=C(NN)NC(C)CC. The highest BCUT2D eigenvalue weighted by molar-refractivity contribution is 5.79. The van der Waals surface area contributed by atoms with Crippen molar-refractivity contribution in [3.63, 3.8) is 0 Å². The van der Waals surface area contributed by atoms with Crippen molar-refractivity contribution in [2.45, 2.75) is 39.7 Å². The van der Waals surface area contributed by atoms with Gasteiger partial charge in [0.25, 0.3) is 0 Å². The third-order valence-electron chi connectivity index (χ3n) is 2.05. The van der Waals surface area contributed by atoms with E-state index in [2.05, 4.69) is 29.6 Å². The zero-order chi connectivity index (χ0) is 11.5. The fourth-order valence-electron chi connectivity index (χ4n) is 0.970. The topological polar surface area (TPSA) is 71.7 Å². The lowest BCUT2D eigenvalue weighted by atomic mass is 10.3. The van der Waals surface area contributed by atoms with E-state index >= 15 is 0 Å². The smallest absolute Gasteiger partial charge is 0.205 e. The lowest BCUT2D eigenvalue weighted by Gasteiger charge is -2.14. The van der Waals surface area contributed by atoms with E-state index in [0.29, 0.717) is 12.0 Å². The van der Waals surface area contributed by atoms with Gasteiger partial charge in [0.15, 0.2) is 0 Å². The maximum Gasteiger partial charge on any atom is 0.205 e. The summed E-state index contributed by atoms with van der Waals surface area (Å²) < 4.78 is 5.21. The summed E-state index contributed by atoms with van der Waals surface area (Å²) in [6.07, 6.45) is 1.96. The number of ether oxygens (including phenoxy) is 1. The first kappa shape index (κ1) is 14.2. The first-order valence-electron chi connectivity index (χ1n) is 5.59. The molecule has 0 aromatic heterocycles. The van der Waals surface area contributed by atoms with Crippen LogP contribution in [0.25, 0.3) is 0 Å². The van der Waals surface area contributed by atoms with Crippen LogP contribution in [0.15, 0.2) is 4.99 Å². The maximum atomic E-state index is 5.34. The van der Waals surface area contributed by atoms with Gasteiger partial charge in [-0.2, -0.15) is 0 Å². The van der Waals surface area contributed by atoms with Crippen LogP contribution in [0, 0.1) is 0 Å². The number of aliphatic imine (C=N–C) groups is 1. The molecule has 0 aromatic rings. The zero-order valence-electron chi connectivity index (χ0n) is 10.0. The molecule has 0 amide bonds. The van der Waals surface area contributed by atoms with Crippen LogP contribution in [0.4, 0.5) is 0 Å². The van der Waals surface area contributed by atoms with E-state index in [1.54, 1.807) is 0 Å². The highest BCUT2D eigenvalue weighted by Crippen LogP contribution is 1.88. The molecule has 15 heavy (non-hydrogen) atoms. The van der Waals surface area contributed by atoms with E-state index in [0.717, 1.165) is 32.6 Å². The monoisotopic (exact) mass is 216 g/mol. The Morgan fingerprint density at radius 2 is 2.20 bits per heavy atom. The summed E-state index contributed by atoms with van der Waals surface area (Å²) in [6.45, 7) is 8.43. The van der Waals surface area contributed by atoms with E-state index in [1.165, 1.54) is 0 Å². The lowest BCUT2D eigenvalue weighted by molar-refractivity contribution is 0.146. The maximum absolute atomic E-state index is 5.34. The van der Waals surface area contributed by atoms with Gasteiger partial charge in [-0.1, -0.05) is 6.92 Å². The molecule has 1 atom stereocenters. The molecule has 5 heteroatoms. The summed E-state index contributed by atoms with van der Waals surface area (Å²) in [5.41, 5.74) is 2.56. The summed E-state index contributed by atoms with van der Waals surface area (Å²) in [5.74, 6) is 6.00. The second kappa shape index (κ2) is 9.73. The molecular formula is C10H24N4O. The van der Waals surface area contributed by atoms with Gasteiger partial charge in [-0.3, -0.25) is 10.4 Å². The van der Waals surface area contributed by atoms with Crippen LogP contribution >= 0.6 is 0 Å². The van der Waals surface area contributed by atoms with Gasteiger partial charge < -0.3 is 10.1 Å². The first-order valence-corrected chi connectivity index (χ1v) is 5.59. The molecule has 0 spiro atoms. The summed E-state index contributed by atoms with van der Waals surface area (Å²) in [7, 11) is 0. The summed E-state index contributed by atoms with van der Waals surface area (Å²) in [5, 5.41) is 3.18. The Labute approximate surface area is 92.4 Å². The number of hydrogen-bond acceptors (Lipinski definition) is 3. The van der Waals surface area contributed by atoms with E-state index in [9.17, 15) is 0 Å². The summed E-state index contributed by atoms with van der Waals surface area (Å²) in [6, 6.07) is 0.381. The van der Waals surface area contributed by atoms with Gasteiger partial charge in [-0.15, -0.1) is 0 Å². The highest BCUT2D eigenvalue weighted by atomic mass is 16.5. The molecule has 90 valence electrons. The Hall–Kier alpha value is -0.810. The van der Waals surface area contributed by atoms with Gasteiger partial charge in [0.05, 0.1) is 0 Å². The van der Waals surface area contributed by atoms with Crippen molar-refractivity contribution in [2.24, 2.45) is 10.8 Å². The minimum atomic E-state index is 0.381. The molecule has 0 fully saturated rings. The molecule has 0 heterocycles. The number of hydrazine groups is 1. The van der Waals surface area contributed by atoms with Crippen LogP contribution in [0.1, 0.15) is 33.6 Å².